The highest BCUT2D eigenvalue weighted by Crippen LogP contribution is 2.18. The number of pyridine rings is 1. The fourth-order valence-corrected chi connectivity index (χ4v) is 3.59. The van der Waals surface area contributed by atoms with Crippen molar-refractivity contribution in [2.45, 2.75) is 13.1 Å². The van der Waals surface area contributed by atoms with E-state index < -0.39 is 0 Å². The summed E-state index contributed by atoms with van der Waals surface area (Å²) in [6, 6.07) is 14.6. The molecule has 4 rings (SSSR count). The van der Waals surface area contributed by atoms with Gasteiger partial charge in [-0.1, -0.05) is 30.3 Å². The van der Waals surface area contributed by atoms with Gasteiger partial charge in [-0.15, -0.1) is 5.10 Å². The summed E-state index contributed by atoms with van der Waals surface area (Å²) >= 11 is 5.60. The van der Waals surface area contributed by atoms with Gasteiger partial charge in [0.1, 0.15) is 0 Å². The van der Waals surface area contributed by atoms with Crippen LogP contribution in [0.25, 0.3) is 17.0 Å². The molecule has 0 fully saturated rings. The Bertz CT molecular complexity index is 972. The first-order valence-electron chi connectivity index (χ1n) is 8.84. The van der Waals surface area contributed by atoms with Gasteiger partial charge in [-0.3, -0.25) is 4.98 Å². The van der Waals surface area contributed by atoms with E-state index in [1.165, 1.54) is 16.0 Å². The number of aromatic nitrogens is 4. The topological polar surface area (TPSA) is 40.1 Å². The van der Waals surface area contributed by atoms with Crippen LogP contribution in [0.4, 0.5) is 0 Å². The van der Waals surface area contributed by atoms with Crippen molar-refractivity contribution < 1.29 is 4.90 Å². The number of benzene rings is 1. The first-order chi connectivity index (χ1) is 12.7. The van der Waals surface area contributed by atoms with Gasteiger partial charge >= 0.3 is 0 Å². The van der Waals surface area contributed by atoms with Crippen LogP contribution >= 0.6 is 12.2 Å². The number of nitrogens with one attached hydrogen (secondary N) is 1. The van der Waals surface area contributed by atoms with Crippen molar-refractivity contribution in [1.29, 1.82) is 0 Å². The van der Waals surface area contributed by atoms with Gasteiger partial charge in [-0.05, 0) is 41.6 Å². The number of rotatable bonds is 4. The normalized spacial score (nSPS) is 17.1. The molecule has 3 aromatic rings. The molecule has 0 saturated heterocycles. The van der Waals surface area contributed by atoms with E-state index in [4.69, 9.17) is 17.3 Å². The first-order valence-corrected chi connectivity index (χ1v) is 9.25. The zero-order valence-corrected chi connectivity index (χ0v) is 15.6. The fourth-order valence-electron chi connectivity index (χ4n) is 3.40. The minimum Gasteiger partial charge on any atom is -0.313 e. The van der Waals surface area contributed by atoms with Gasteiger partial charge in [0.15, 0.2) is 12.5 Å². The maximum Gasteiger partial charge on any atom is 0.202 e. The van der Waals surface area contributed by atoms with Gasteiger partial charge in [0.25, 0.3) is 0 Å². The fraction of sp³-hybridized carbons (Fsp3) is 0.250. The maximum absolute atomic E-state index is 5.60. The summed E-state index contributed by atoms with van der Waals surface area (Å²) in [4.78, 5) is 5.55. The second kappa shape index (κ2) is 7.35. The maximum atomic E-state index is 5.60. The van der Waals surface area contributed by atoms with Gasteiger partial charge < -0.3 is 9.47 Å². The molecule has 0 aliphatic carbocycles. The lowest BCUT2D eigenvalue weighted by Crippen LogP contribution is -3.11. The van der Waals surface area contributed by atoms with E-state index in [1.807, 2.05) is 28.4 Å². The summed E-state index contributed by atoms with van der Waals surface area (Å²) in [6.45, 7) is 2.87. The summed E-state index contributed by atoms with van der Waals surface area (Å²) in [7, 11) is 1.97. The van der Waals surface area contributed by atoms with E-state index in [9.17, 15) is 0 Å². The van der Waals surface area contributed by atoms with Crippen LogP contribution in [0, 0.1) is 4.77 Å². The molecule has 5 nitrogen and oxygen atoms in total. The largest absolute Gasteiger partial charge is 0.313 e. The molecular weight excluding hydrogens is 342 g/mol. The Labute approximate surface area is 158 Å². The molecule has 0 saturated carbocycles. The van der Waals surface area contributed by atoms with Crippen LogP contribution in [0.1, 0.15) is 12.0 Å². The third-order valence-electron chi connectivity index (χ3n) is 4.88. The molecule has 1 aromatic carbocycles. The molecule has 3 heterocycles. The van der Waals surface area contributed by atoms with E-state index in [0.29, 0.717) is 0 Å². The third kappa shape index (κ3) is 3.38. The summed E-state index contributed by atoms with van der Waals surface area (Å²) in [6.07, 6.45) is 6.99. The lowest BCUT2D eigenvalue weighted by Gasteiger charge is -2.23. The van der Waals surface area contributed by atoms with E-state index in [1.54, 1.807) is 12.4 Å². The number of nitrogens with zero attached hydrogens (tertiary/aromatic N) is 4. The van der Waals surface area contributed by atoms with Crippen molar-refractivity contribution >= 4 is 17.8 Å². The Hall–Kier alpha value is -2.57. The Morgan fingerprint density at radius 3 is 2.54 bits per heavy atom. The number of quaternary nitrogens is 1. The summed E-state index contributed by atoms with van der Waals surface area (Å²) in [5.74, 6) is 0.884. The molecule has 26 heavy (non-hydrogen) atoms. The molecule has 1 aliphatic heterocycles. The smallest absolute Gasteiger partial charge is 0.202 e. The Kier molecular flexibility index (Phi) is 4.77. The van der Waals surface area contributed by atoms with Crippen LogP contribution < -0.4 is 4.90 Å². The van der Waals surface area contributed by atoms with Crippen LogP contribution in [-0.2, 0) is 13.7 Å². The van der Waals surface area contributed by atoms with Crippen molar-refractivity contribution in [2.75, 3.05) is 13.1 Å². The van der Waals surface area contributed by atoms with E-state index in [-0.39, 0.29) is 0 Å². The van der Waals surface area contributed by atoms with Crippen LogP contribution in [0.5, 0.6) is 0 Å². The Morgan fingerprint density at radius 1 is 1.08 bits per heavy atom. The Balaban J connectivity index is 1.51. The minimum atomic E-state index is 0.752. The summed E-state index contributed by atoms with van der Waals surface area (Å²) in [5.41, 5.74) is 3.81. The monoisotopic (exact) mass is 364 g/mol. The highest BCUT2D eigenvalue weighted by molar-refractivity contribution is 7.71. The molecule has 0 amide bonds. The highest BCUT2D eigenvalue weighted by Gasteiger charge is 2.18. The third-order valence-corrected chi connectivity index (χ3v) is 5.37. The molecule has 6 heteroatoms. The molecule has 1 unspecified atom stereocenters. The second-order valence-electron chi connectivity index (χ2n) is 6.61. The van der Waals surface area contributed by atoms with Crippen molar-refractivity contribution in [3.8, 4) is 11.4 Å². The molecule has 132 valence electrons. The molecule has 0 radical (unpaired) electrons. The number of hydrogen-bond acceptors (Lipinski definition) is 3. The van der Waals surface area contributed by atoms with E-state index in [2.05, 4.69) is 41.4 Å². The van der Waals surface area contributed by atoms with Crippen LogP contribution in [0.15, 0.2) is 60.9 Å². The molecule has 1 atom stereocenters. The van der Waals surface area contributed by atoms with Gasteiger partial charge in [0.2, 0.25) is 4.77 Å². The average molecular weight is 364 g/mol. The SMILES string of the molecule is Cn1c(-c2ccncc2)nn(C[NH+]2CC=C(c3ccccc3)CC2)c1=S. The zero-order chi connectivity index (χ0) is 17.9. The molecule has 1 aliphatic rings. The predicted molar refractivity (Wildman–Crippen MR) is 105 cm³/mol. The highest BCUT2D eigenvalue weighted by atomic mass is 32.1. The van der Waals surface area contributed by atoms with E-state index >= 15 is 0 Å². The minimum absolute atomic E-state index is 0.752. The average Bonchev–Trinajstić information content (AvgIpc) is 2.98. The lowest BCUT2D eigenvalue weighted by atomic mass is 10.00. The van der Waals surface area contributed by atoms with Gasteiger partial charge in [-0.25, -0.2) is 0 Å². The van der Waals surface area contributed by atoms with Crippen molar-refractivity contribution in [1.82, 2.24) is 19.3 Å². The molecular formula is C20H22N5S+. The van der Waals surface area contributed by atoms with Crippen molar-refractivity contribution in [3.63, 3.8) is 0 Å². The second-order valence-corrected chi connectivity index (χ2v) is 6.97. The van der Waals surface area contributed by atoms with Crippen molar-refractivity contribution in [2.24, 2.45) is 7.05 Å². The quantitative estimate of drug-likeness (QED) is 0.723. The summed E-state index contributed by atoms with van der Waals surface area (Å²) < 4.78 is 4.67. The molecule has 0 bridgehead atoms. The van der Waals surface area contributed by atoms with Gasteiger partial charge in [0, 0.05) is 31.4 Å². The molecule has 2 aromatic heterocycles. The molecule has 0 spiro atoms. The Morgan fingerprint density at radius 2 is 1.85 bits per heavy atom. The summed E-state index contributed by atoms with van der Waals surface area (Å²) in [5, 5.41) is 4.76. The number of hydrogen-bond donors (Lipinski definition) is 1. The van der Waals surface area contributed by atoms with Gasteiger partial charge in [-0.2, -0.15) is 4.68 Å². The van der Waals surface area contributed by atoms with E-state index in [0.717, 1.165) is 42.3 Å². The van der Waals surface area contributed by atoms with Crippen LogP contribution in [-0.4, -0.2) is 32.4 Å². The lowest BCUT2D eigenvalue weighted by molar-refractivity contribution is -0.918. The van der Waals surface area contributed by atoms with Crippen molar-refractivity contribution in [3.05, 3.63) is 71.3 Å². The zero-order valence-electron chi connectivity index (χ0n) is 14.8. The van der Waals surface area contributed by atoms with Gasteiger partial charge in [0.05, 0.1) is 13.1 Å². The molecule has 1 N–H and O–H groups in total. The van der Waals surface area contributed by atoms with Crippen LogP contribution in [0.3, 0.4) is 0 Å². The predicted octanol–water partition coefficient (Wildman–Crippen LogP) is 2.34. The first kappa shape index (κ1) is 16.9. The standard InChI is InChI=1S/C20H21N5S/c1-23-19(18-7-11-21-12-8-18)22-25(20(23)26)15-24-13-9-17(10-14-24)16-5-3-2-4-6-16/h2-9,11-12H,10,13-15H2,1H3/p+1. The van der Waals surface area contributed by atoms with Crippen LogP contribution in [0.2, 0.25) is 0 Å².